The summed E-state index contributed by atoms with van der Waals surface area (Å²) in [4.78, 5) is 0. The van der Waals surface area contributed by atoms with E-state index in [1.54, 1.807) is 7.11 Å². The Morgan fingerprint density at radius 3 is 2.53 bits per heavy atom. The van der Waals surface area contributed by atoms with Gasteiger partial charge in [0.05, 0.1) is 24.7 Å². The molecule has 1 aliphatic rings. The highest BCUT2D eigenvalue weighted by molar-refractivity contribution is 7.91. The second-order valence-electron chi connectivity index (χ2n) is 4.80. The number of ether oxygens (including phenoxy) is 1. The maximum absolute atomic E-state index is 11.3. The van der Waals surface area contributed by atoms with Gasteiger partial charge in [0.15, 0.2) is 9.84 Å². The summed E-state index contributed by atoms with van der Waals surface area (Å²) >= 11 is 0. The van der Waals surface area contributed by atoms with Gasteiger partial charge in [0, 0.05) is 6.04 Å². The molecule has 5 nitrogen and oxygen atoms in total. The predicted molar refractivity (Wildman–Crippen MR) is 73.1 cm³/mol. The van der Waals surface area contributed by atoms with Gasteiger partial charge >= 0.3 is 0 Å². The van der Waals surface area contributed by atoms with Gasteiger partial charge in [0.25, 0.3) is 0 Å². The van der Waals surface area contributed by atoms with Crippen molar-refractivity contribution in [1.29, 1.82) is 0 Å². The van der Waals surface area contributed by atoms with Crippen molar-refractivity contribution in [2.45, 2.75) is 18.6 Å². The summed E-state index contributed by atoms with van der Waals surface area (Å²) in [5.41, 5.74) is 1.14. The average molecular weight is 285 g/mol. The smallest absolute Gasteiger partial charge is 0.154 e. The summed E-state index contributed by atoms with van der Waals surface area (Å²) in [6, 6.07) is 7.39. The Morgan fingerprint density at radius 1 is 1.32 bits per heavy atom. The molecule has 1 heterocycles. The van der Waals surface area contributed by atoms with Crippen LogP contribution >= 0.6 is 0 Å². The quantitative estimate of drug-likeness (QED) is 0.795. The third kappa shape index (κ3) is 3.92. The normalized spacial score (nSPS) is 25.4. The fourth-order valence-electron chi connectivity index (χ4n) is 2.22. The molecule has 106 valence electrons. The molecule has 1 aromatic carbocycles. The number of nitrogens with one attached hydrogen (secondary N) is 1. The van der Waals surface area contributed by atoms with Crippen LogP contribution in [0.1, 0.15) is 5.56 Å². The summed E-state index contributed by atoms with van der Waals surface area (Å²) in [6.45, 7) is 0.642. The molecule has 0 saturated carbocycles. The molecule has 19 heavy (non-hydrogen) atoms. The van der Waals surface area contributed by atoms with E-state index in [1.807, 2.05) is 24.3 Å². The van der Waals surface area contributed by atoms with Gasteiger partial charge in [-0.3, -0.25) is 0 Å². The molecule has 0 aliphatic carbocycles. The molecule has 2 atom stereocenters. The molecule has 0 radical (unpaired) electrons. The molecule has 0 amide bonds. The highest BCUT2D eigenvalue weighted by Gasteiger charge is 2.35. The Labute approximate surface area is 113 Å². The lowest BCUT2D eigenvalue weighted by molar-refractivity contribution is 0.166. The first kappa shape index (κ1) is 14.3. The first-order valence-corrected chi connectivity index (χ1v) is 8.07. The molecular weight excluding hydrogens is 266 g/mol. The van der Waals surface area contributed by atoms with Crippen LogP contribution in [0.25, 0.3) is 0 Å². The Kier molecular flexibility index (Phi) is 4.44. The largest absolute Gasteiger partial charge is 0.497 e. The van der Waals surface area contributed by atoms with Crippen LogP contribution in [0.3, 0.4) is 0 Å². The third-order valence-corrected chi connectivity index (χ3v) is 5.02. The first-order chi connectivity index (χ1) is 9.00. The summed E-state index contributed by atoms with van der Waals surface area (Å²) in [5.74, 6) is 0.707. The predicted octanol–water partition coefficient (Wildman–Crippen LogP) is -0.0148. The van der Waals surface area contributed by atoms with Crippen LogP contribution in [0, 0.1) is 0 Å². The zero-order valence-corrected chi connectivity index (χ0v) is 11.7. The number of methoxy groups -OCH3 is 1. The van der Waals surface area contributed by atoms with Crippen molar-refractivity contribution in [1.82, 2.24) is 5.32 Å². The highest BCUT2D eigenvalue weighted by atomic mass is 32.2. The Bertz CT molecular complexity index is 512. The van der Waals surface area contributed by atoms with E-state index in [1.165, 1.54) is 0 Å². The fourth-order valence-corrected chi connectivity index (χ4v) is 3.99. The molecule has 0 bridgehead atoms. The Hall–Kier alpha value is -1.11. The van der Waals surface area contributed by atoms with E-state index in [0.717, 1.165) is 17.7 Å². The van der Waals surface area contributed by atoms with Crippen LogP contribution in [-0.4, -0.2) is 50.8 Å². The lowest BCUT2D eigenvalue weighted by atomic mass is 10.1. The summed E-state index contributed by atoms with van der Waals surface area (Å²) in [6.07, 6.45) is -0.00588. The van der Waals surface area contributed by atoms with E-state index in [-0.39, 0.29) is 17.5 Å². The van der Waals surface area contributed by atoms with Crippen molar-refractivity contribution in [3.8, 4) is 5.75 Å². The molecule has 0 unspecified atom stereocenters. The summed E-state index contributed by atoms with van der Waals surface area (Å²) in [7, 11) is -1.45. The van der Waals surface area contributed by atoms with E-state index in [4.69, 9.17) is 4.74 Å². The maximum Gasteiger partial charge on any atom is 0.154 e. The van der Waals surface area contributed by atoms with E-state index < -0.39 is 15.9 Å². The van der Waals surface area contributed by atoms with Gasteiger partial charge in [-0.2, -0.15) is 0 Å². The van der Waals surface area contributed by atoms with Crippen molar-refractivity contribution < 1.29 is 18.3 Å². The van der Waals surface area contributed by atoms with Crippen LogP contribution in [0.5, 0.6) is 5.75 Å². The molecule has 2 N–H and O–H groups in total. The number of hydrogen-bond acceptors (Lipinski definition) is 5. The molecule has 1 aromatic rings. The fraction of sp³-hybridized carbons (Fsp3) is 0.538. The number of hydrogen-bond donors (Lipinski definition) is 2. The van der Waals surface area contributed by atoms with Crippen molar-refractivity contribution in [2.75, 3.05) is 25.2 Å². The number of rotatable bonds is 5. The van der Waals surface area contributed by atoms with E-state index in [0.29, 0.717) is 6.54 Å². The monoisotopic (exact) mass is 285 g/mol. The standard InChI is InChI=1S/C13H19NO4S/c1-18-11-4-2-10(3-5-11)6-7-14-12-8-19(16,17)9-13(12)15/h2-5,12-15H,6-9H2,1H3/t12-,13-/m0/s1. The minimum absolute atomic E-state index is 0.0246. The van der Waals surface area contributed by atoms with Gasteiger partial charge in [-0.1, -0.05) is 12.1 Å². The molecule has 6 heteroatoms. The molecule has 1 saturated heterocycles. The van der Waals surface area contributed by atoms with Gasteiger partial charge in [-0.05, 0) is 30.7 Å². The van der Waals surface area contributed by atoms with Crippen LogP contribution in [0.2, 0.25) is 0 Å². The van der Waals surface area contributed by atoms with E-state index >= 15 is 0 Å². The van der Waals surface area contributed by atoms with Crippen LogP contribution in [-0.2, 0) is 16.3 Å². The Morgan fingerprint density at radius 2 is 2.00 bits per heavy atom. The number of aliphatic hydroxyl groups excluding tert-OH is 1. The van der Waals surface area contributed by atoms with Gasteiger partial charge in [0.2, 0.25) is 0 Å². The minimum Gasteiger partial charge on any atom is -0.497 e. The van der Waals surface area contributed by atoms with Gasteiger partial charge < -0.3 is 15.2 Å². The lowest BCUT2D eigenvalue weighted by Gasteiger charge is -2.14. The lowest BCUT2D eigenvalue weighted by Crippen LogP contribution is -2.39. The van der Waals surface area contributed by atoms with Crippen molar-refractivity contribution in [3.05, 3.63) is 29.8 Å². The first-order valence-electron chi connectivity index (χ1n) is 6.25. The Balaban J connectivity index is 1.80. The zero-order valence-electron chi connectivity index (χ0n) is 10.9. The van der Waals surface area contributed by atoms with E-state index in [2.05, 4.69) is 5.32 Å². The summed E-state index contributed by atoms with van der Waals surface area (Å²) < 4.78 is 27.8. The van der Waals surface area contributed by atoms with Gasteiger partial charge in [0.1, 0.15) is 5.75 Å². The highest BCUT2D eigenvalue weighted by Crippen LogP contribution is 2.13. The maximum atomic E-state index is 11.3. The summed E-state index contributed by atoms with van der Waals surface area (Å²) in [5, 5.41) is 12.7. The molecule has 0 aromatic heterocycles. The molecular formula is C13H19NO4S. The molecule has 1 aliphatic heterocycles. The molecule has 0 spiro atoms. The van der Waals surface area contributed by atoms with Gasteiger partial charge in [-0.25, -0.2) is 8.42 Å². The molecule has 1 fully saturated rings. The number of aliphatic hydroxyl groups is 1. The average Bonchev–Trinajstić information content (AvgIpc) is 2.63. The van der Waals surface area contributed by atoms with Crippen LogP contribution in [0.4, 0.5) is 0 Å². The van der Waals surface area contributed by atoms with E-state index in [9.17, 15) is 13.5 Å². The third-order valence-electron chi connectivity index (χ3n) is 3.30. The topological polar surface area (TPSA) is 75.6 Å². The van der Waals surface area contributed by atoms with Crippen molar-refractivity contribution in [2.24, 2.45) is 0 Å². The van der Waals surface area contributed by atoms with Crippen LogP contribution in [0.15, 0.2) is 24.3 Å². The second kappa shape index (κ2) is 5.90. The number of sulfone groups is 1. The minimum atomic E-state index is -3.08. The van der Waals surface area contributed by atoms with Crippen LogP contribution < -0.4 is 10.1 Å². The zero-order chi connectivity index (χ0) is 13.9. The number of benzene rings is 1. The second-order valence-corrected chi connectivity index (χ2v) is 6.96. The van der Waals surface area contributed by atoms with Crippen molar-refractivity contribution in [3.63, 3.8) is 0 Å². The van der Waals surface area contributed by atoms with Crippen molar-refractivity contribution >= 4 is 9.84 Å². The SMILES string of the molecule is COc1ccc(CCN[C@H]2CS(=O)(=O)C[C@@H]2O)cc1. The molecule has 2 rings (SSSR count). The van der Waals surface area contributed by atoms with Gasteiger partial charge in [-0.15, -0.1) is 0 Å².